The monoisotopic (exact) mass is 536 g/mol. The third-order valence-corrected chi connectivity index (χ3v) is 9.23. The Bertz CT molecular complexity index is 435. The maximum atomic E-state index is 2.96. The van der Waals surface area contributed by atoms with Gasteiger partial charge in [-0.25, -0.2) is 0 Å². The summed E-state index contributed by atoms with van der Waals surface area (Å²) >= 11 is 0. The molecule has 0 N–H and O–H groups in total. The van der Waals surface area contributed by atoms with Crippen LogP contribution in [0.2, 0.25) is 0 Å². The van der Waals surface area contributed by atoms with Gasteiger partial charge in [-0.1, -0.05) is 175 Å². The van der Waals surface area contributed by atoms with Crippen molar-refractivity contribution in [1.82, 2.24) is 4.90 Å². The molecule has 0 aromatic heterocycles. The van der Waals surface area contributed by atoms with Crippen LogP contribution in [0.4, 0.5) is 0 Å². The molecule has 0 aliphatic rings. The first-order chi connectivity index (χ1) is 18.3. The molecule has 0 rings (SSSR count). The molecule has 0 atom stereocenters. The number of nitrogens with zero attached hydrogens (tertiary/aromatic N) is 1. The lowest BCUT2D eigenvalue weighted by molar-refractivity contribution is 0.00151. The molecule has 0 aliphatic carbocycles. The van der Waals surface area contributed by atoms with Gasteiger partial charge in [0.2, 0.25) is 0 Å². The normalized spacial score (nSPS) is 12.6. The summed E-state index contributed by atoms with van der Waals surface area (Å²) in [6.45, 7) is 18.5. The van der Waals surface area contributed by atoms with Crippen molar-refractivity contribution in [3.8, 4) is 0 Å². The molecule has 0 saturated carbocycles. The summed E-state index contributed by atoms with van der Waals surface area (Å²) < 4.78 is 0. The van der Waals surface area contributed by atoms with Crippen LogP contribution in [-0.2, 0) is 0 Å². The van der Waals surface area contributed by atoms with Crippen molar-refractivity contribution in [2.75, 3.05) is 6.54 Å². The van der Waals surface area contributed by atoms with Crippen LogP contribution in [0.15, 0.2) is 0 Å². The van der Waals surface area contributed by atoms with E-state index in [0.29, 0.717) is 11.1 Å². The summed E-state index contributed by atoms with van der Waals surface area (Å²) in [4.78, 5) is 2.96. The van der Waals surface area contributed by atoms with E-state index >= 15 is 0 Å². The Morgan fingerprint density at radius 2 is 0.553 bits per heavy atom. The molecule has 0 amide bonds. The lowest BCUT2D eigenvalue weighted by Gasteiger charge is -2.49. The minimum atomic E-state index is 0.312. The van der Waals surface area contributed by atoms with Crippen LogP contribution in [0.3, 0.4) is 0 Å². The summed E-state index contributed by atoms with van der Waals surface area (Å²) in [6.07, 6.45) is 38.4. The van der Waals surface area contributed by atoms with Crippen molar-refractivity contribution >= 4 is 0 Å². The van der Waals surface area contributed by atoms with Gasteiger partial charge < -0.3 is 0 Å². The quantitative estimate of drug-likeness (QED) is 0.0826. The van der Waals surface area contributed by atoms with Crippen LogP contribution in [0.25, 0.3) is 0 Å². The second-order valence-corrected chi connectivity index (χ2v) is 14.1. The highest BCUT2D eigenvalue weighted by atomic mass is 15.2. The van der Waals surface area contributed by atoms with Crippen LogP contribution in [0.5, 0.6) is 0 Å². The zero-order chi connectivity index (χ0) is 28.4. The standard InChI is InChI=1S/C37H77N/c1-8-11-14-17-20-21-22-23-26-29-32-35-38(36(4,5)33-30-27-24-18-15-12-9-2)37(6,7)34-31-28-25-19-16-13-10-3/h8-35H2,1-7H3. The maximum Gasteiger partial charge on any atom is 0.0158 e. The molecule has 230 valence electrons. The molecule has 0 unspecified atom stereocenters. The first-order valence-electron chi connectivity index (χ1n) is 18.1. The highest BCUT2D eigenvalue weighted by molar-refractivity contribution is 4.92. The van der Waals surface area contributed by atoms with E-state index < -0.39 is 0 Å². The minimum Gasteiger partial charge on any atom is -0.293 e. The molecule has 0 radical (unpaired) electrons. The summed E-state index contributed by atoms with van der Waals surface area (Å²) in [6, 6.07) is 0. The Hall–Kier alpha value is -0.0400. The summed E-state index contributed by atoms with van der Waals surface area (Å²) in [5, 5.41) is 0. The molecule has 0 bridgehead atoms. The van der Waals surface area contributed by atoms with Crippen LogP contribution in [-0.4, -0.2) is 22.5 Å². The fraction of sp³-hybridized carbons (Fsp3) is 1.00. The predicted molar refractivity (Wildman–Crippen MR) is 177 cm³/mol. The first kappa shape index (κ1) is 38.0. The van der Waals surface area contributed by atoms with Gasteiger partial charge in [0.05, 0.1) is 0 Å². The third kappa shape index (κ3) is 21.7. The molecule has 0 aliphatic heterocycles. The molecule has 1 heteroatoms. The average molecular weight is 536 g/mol. The van der Waals surface area contributed by atoms with E-state index in [2.05, 4.69) is 53.4 Å². The zero-order valence-corrected chi connectivity index (χ0v) is 28.2. The van der Waals surface area contributed by atoms with E-state index in [1.165, 1.54) is 180 Å². The number of hydrogen-bond donors (Lipinski definition) is 0. The van der Waals surface area contributed by atoms with Gasteiger partial charge in [0.25, 0.3) is 0 Å². The molecule has 0 heterocycles. The number of hydrogen-bond acceptors (Lipinski definition) is 1. The van der Waals surface area contributed by atoms with Gasteiger partial charge in [-0.05, 0) is 53.5 Å². The van der Waals surface area contributed by atoms with E-state index in [1.54, 1.807) is 0 Å². The Morgan fingerprint density at radius 1 is 0.316 bits per heavy atom. The Kier molecular flexibility index (Phi) is 25.9. The van der Waals surface area contributed by atoms with E-state index in [4.69, 9.17) is 0 Å². The largest absolute Gasteiger partial charge is 0.293 e. The summed E-state index contributed by atoms with van der Waals surface area (Å²) in [5.74, 6) is 0. The molecular formula is C37H77N. The molecule has 0 aromatic rings. The van der Waals surface area contributed by atoms with Crippen LogP contribution in [0.1, 0.15) is 222 Å². The SMILES string of the molecule is CCCCCCCCCCCCCN(C(C)(C)CCCCCCCCC)C(C)(C)CCCCCCCCC. The van der Waals surface area contributed by atoms with Crippen molar-refractivity contribution in [2.45, 2.75) is 233 Å². The van der Waals surface area contributed by atoms with Gasteiger partial charge in [0.15, 0.2) is 0 Å². The van der Waals surface area contributed by atoms with Gasteiger partial charge in [0, 0.05) is 11.1 Å². The van der Waals surface area contributed by atoms with Gasteiger partial charge in [-0.3, -0.25) is 4.90 Å². The van der Waals surface area contributed by atoms with Gasteiger partial charge in [-0.15, -0.1) is 0 Å². The molecule has 0 aromatic carbocycles. The van der Waals surface area contributed by atoms with E-state index in [9.17, 15) is 0 Å². The van der Waals surface area contributed by atoms with Gasteiger partial charge in [0.1, 0.15) is 0 Å². The number of rotatable bonds is 30. The van der Waals surface area contributed by atoms with Crippen molar-refractivity contribution in [3.05, 3.63) is 0 Å². The lowest BCUT2D eigenvalue weighted by atomic mass is 9.85. The Labute approximate surface area is 244 Å². The fourth-order valence-corrected chi connectivity index (χ4v) is 6.66. The van der Waals surface area contributed by atoms with Gasteiger partial charge in [-0.2, -0.15) is 0 Å². The molecule has 0 saturated heterocycles. The van der Waals surface area contributed by atoms with Crippen LogP contribution in [0, 0.1) is 0 Å². The minimum absolute atomic E-state index is 0.312. The van der Waals surface area contributed by atoms with Crippen LogP contribution >= 0.6 is 0 Å². The van der Waals surface area contributed by atoms with Crippen molar-refractivity contribution in [2.24, 2.45) is 0 Å². The molecular weight excluding hydrogens is 458 g/mol. The third-order valence-electron chi connectivity index (χ3n) is 9.23. The fourth-order valence-electron chi connectivity index (χ4n) is 6.66. The maximum absolute atomic E-state index is 2.96. The lowest BCUT2D eigenvalue weighted by Crippen LogP contribution is -2.55. The molecule has 0 fully saturated rings. The Morgan fingerprint density at radius 3 is 0.842 bits per heavy atom. The smallest absolute Gasteiger partial charge is 0.0158 e. The Balaban J connectivity index is 4.58. The van der Waals surface area contributed by atoms with E-state index in [0.717, 1.165) is 0 Å². The first-order valence-corrected chi connectivity index (χ1v) is 18.1. The second-order valence-electron chi connectivity index (χ2n) is 14.1. The van der Waals surface area contributed by atoms with Gasteiger partial charge >= 0.3 is 0 Å². The molecule has 0 spiro atoms. The van der Waals surface area contributed by atoms with Crippen LogP contribution < -0.4 is 0 Å². The molecule has 1 nitrogen and oxygen atoms in total. The second kappa shape index (κ2) is 25.9. The summed E-state index contributed by atoms with van der Waals surface area (Å²) in [7, 11) is 0. The van der Waals surface area contributed by atoms with Crippen molar-refractivity contribution < 1.29 is 0 Å². The summed E-state index contributed by atoms with van der Waals surface area (Å²) in [5.41, 5.74) is 0.624. The zero-order valence-electron chi connectivity index (χ0n) is 28.2. The highest BCUT2D eigenvalue weighted by Gasteiger charge is 2.36. The average Bonchev–Trinajstić information content (AvgIpc) is 2.88. The van der Waals surface area contributed by atoms with E-state index in [1.807, 2.05) is 0 Å². The topological polar surface area (TPSA) is 3.24 Å². The van der Waals surface area contributed by atoms with E-state index in [-0.39, 0.29) is 0 Å². The number of unbranched alkanes of at least 4 members (excludes halogenated alkanes) is 22. The molecule has 38 heavy (non-hydrogen) atoms. The highest BCUT2D eigenvalue weighted by Crippen LogP contribution is 2.34. The van der Waals surface area contributed by atoms with Crippen molar-refractivity contribution in [3.63, 3.8) is 0 Å². The predicted octanol–water partition coefficient (Wildman–Crippen LogP) is 13.4. The van der Waals surface area contributed by atoms with Crippen molar-refractivity contribution in [1.29, 1.82) is 0 Å².